The van der Waals surface area contributed by atoms with E-state index in [9.17, 15) is 4.79 Å². The molecule has 0 bridgehead atoms. The number of nitrogens with one attached hydrogen (secondary N) is 1. The number of carbonyl (C=O) groups is 1. The molecule has 0 aliphatic carbocycles. The Morgan fingerprint density at radius 1 is 1.38 bits per heavy atom. The molecule has 1 aromatic rings. The van der Waals surface area contributed by atoms with Gasteiger partial charge in [-0.1, -0.05) is 24.3 Å². The van der Waals surface area contributed by atoms with Gasteiger partial charge in [0.05, 0.1) is 13.2 Å². The van der Waals surface area contributed by atoms with Crippen LogP contribution in [-0.2, 0) is 16.1 Å². The zero-order valence-electron chi connectivity index (χ0n) is 12.3. The van der Waals surface area contributed by atoms with Gasteiger partial charge in [-0.05, 0) is 18.6 Å². The predicted molar refractivity (Wildman–Crippen MR) is 82.9 cm³/mol. The van der Waals surface area contributed by atoms with Crippen LogP contribution >= 0.6 is 0 Å². The minimum atomic E-state index is -0.179. The van der Waals surface area contributed by atoms with Gasteiger partial charge < -0.3 is 10.1 Å². The summed E-state index contributed by atoms with van der Waals surface area (Å²) in [6.07, 6.45) is 8.65. The fourth-order valence-electron chi connectivity index (χ4n) is 2.03. The summed E-state index contributed by atoms with van der Waals surface area (Å²) in [6, 6.07) is 3.82. The first-order valence-corrected chi connectivity index (χ1v) is 7.13. The SMILES string of the molecule is C/C=C/C=C/C(=O)Nc1ccc(CN2CCOCC2)cn1. The van der Waals surface area contributed by atoms with Crippen molar-refractivity contribution in [3.63, 3.8) is 0 Å². The molecule has 0 spiro atoms. The van der Waals surface area contributed by atoms with E-state index in [0.717, 1.165) is 38.4 Å². The van der Waals surface area contributed by atoms with E-state index in [2.05, 4.69) is 15.2 Å². The van der Waals surface area contributed by atoms with Gasteiger partial charge in [0.25, 0.3) is 0 Å². The quantitative estimate of drug-likeness (QED) is 0.664. The number of ether oxygens (including phenoxy) is 1. The van der Waals surface area contributed by atoms with Crippen molar-refractivity contribution in [2.45, 2.75) is 13.5 Å². The van der Waals surface area contributed by atoms with Gasteiger partial charge in [-0.3, -0.25) is 9.69 Å². The molecule has 0 radical (unpaired) electrons. The van der Waals surface area contributed by atoms with Crippen LogP contribution < -0.4 is 5.32 Å². The number of amides is 1. The lowest BCUT2D eigenvalue weighted by Gasteiger charge is -2.26. The van der Waals surface area contributed by atoms with Crippen molar-refractivity contribution >= 4 is 11.7 Å². The minimum absolute atomic E-state index is 0.179. The molecule has 0 unspecified atom stereocenters. The maximum Gasteiger partial charge on any atom is 0.249 e. The number of morpholine rings is 1. The van der Waals surface area contributed by atoms with E-state index in [-0.39, 0.29) is 5.91 Å². The van der Waals surface area contributed by atoms with Crippen molar-refractivity contribution < 1.29 is 9.53 Å². The van der Waals surface area contributed by atoms with Gasteiger partial charge in [-0.25, -0.2) is 4.98 Å². The molecule has 2 heterocycles. The second kappa shape index (κ2) is 8.34. The average molecular weight is 287 g/mol. The Morgan fingerprint density at radius 2 is 2.19 bits per heavy atom. The summed E-state index contributed by atoms with van der Waals surface area (Å²) >= 11 is 0. The highest BCUT2D eigenvalue weighted by molar-refractivity contribution is 5.98. The Bertz CT molecular complexity index is 503. The number of anilines is 1. The van der Waals surface area contributed by atoms with E-state index in [0.29, 0.717) is 5.82 Å². The van der Waals surface area contributed by atoms with Gasteiger partial charge in [0, 0.05) is 31.9 Å². The highest BCUT2D eigenvalue weighted by atomic mass is 16.5. The maximum absolute atomic E-state index is 11.6. The summed E-state index contributed by atoms with van der Waals surface area (Å²) in [5.41, 5.74) is 1.14. The Kier molecular flexibility index (Phi) is 6.12. The van der Waals surface area contributed by atoms with Crippen molar-refractivity contribution in [3.05, 3.63) is 48.2 Å². The van der Waals surface area contributed by atoms with Gasteiger partial charge >= 0.3 is 0 Å². The summed E-state index contributed by atoms with van der Waals surface area (Å²) in [5.74, 6) is 0.386. The van der Waals surface area contributed by atoms with Crippen molar-refractivity contribution in [3.8, 4) is 0 Å². The molecule has 1 saturated heterocycles. The third-order valence-corrected chi connectivity index (χ3v) is 3.14. The summed E-state index contributed by atoms with van der Waals surface area (Å²) in [5, 5.41) is 2.73. The number of rotatable bonds is 5. The van der Waals surface area contributed by atoms with E-state index in [4.69, 9.17) is 4.74 Å². The first-order valence-electron chi connectivity index (χ1n) is 7.13. The predicted octanol–water partition coefficient (Wildman–Crippen LogP) is 1.98. The molecule has 1 aliphatic rings. The van der Waals surface area contributed by atoms with Gasteiger partial charge in [-0.15, -0.1) is 0 Å². The second-order valence-corrected chi connectivity index (χ2v) is 4.81. The number of pyridine rings is 1. The molecule has 0 atom stereocenters. The van der Waals surface area contributed by atoms with Crippen LogP contribution in [0.15, 0.2) is 42.6 Å². The van der Waals surface area contributed by atoms with E-state index in [1.165, 1.54) is 6.08 Å². The number of carbonyl (C=O) groups excluding carboxylic acids is 1. The lowest BCUT2D eigenvalue weighted by atomic mass is 10.2. The Hall–Kier alpha value is -1.98. The zero-order chi connectivity index (χ0) is 14.9. The number of aromatic nitrogens is 1. The highest BCUT2D eigenvalue weighted by Crippen LogP contribution is 2.09. The fraction of sp³-hybridized carbons (Fsp3) is 0.375. The number of hydrogen-bond donors (Lipinski definition) is 1. The largest absolute Gasteiger partial charge is 0.379 e. The fourth-order valence-corrected chi connectivity index (χ4v) is 2.03. The van der Waals surface area contributed by atoms with Crippen LogP contribution in [0.3, 0.4) is 0 Å². The van der Waals surface area contributed by atoms with Crippen LogP contribution in [-0.4, -0.2) is 42.1 Å². The molecule has 0 saturated carbocycles. The van der Waals surface area contributed by atoms with Crippen LogP contribution in [0.5, 0.6) is 0 Å². The molecule has 5 nitrogen and oxygen atoms in total. The lowest BCUT2D eigenvalue weighted by Crippen LogP contribution is -2.35. The van der Waals surface area contributed by atoms with Crippen molar-refractivity contribution in [1.82, 2.24) is 9.88 Å². The smallest absolute Gasteiger partial charge is 0.249 e. The average Bonchev–Trinajstić information content (AvgIpc) is 2.51. The van der Waals surface area contributed by atoms with E-state index >= 15 is 0 Å². The third-order valence-electron chi connectivity index (χ3n) is 3.14. The second-order valence-electron chi connectivity index (χ2n) is 4.81. The van der Waals surface area contributed by atoms with E-state index < -0.39 is 0 Å². The zero-order valence-corrected chi connectivity index (χ0v) is 12.3. The Balaban J connectivity index is 1.85. The molecule has 1 aliphatic heterocycles. The summed E-state index contributed by atoms with van der Waals surface area (Å²) in [6.45, 7) is 6.26. The summed E-state index contributed by atoms with van der Waals surface area (Å²) < 4.78 is 5.32. The van der Waals surface area contributed by atoms with Crippen molar-refractivity contribution in [2.75, 3.05) is 31.6 Å². The minimum Gasteiger partial charge on any atom is -0.379 e. The molecular formula is C16H21N3O2. The molecule has 1 fully saturated rings. The van der Waals surface area contributed by atoms with E-state index in [1.54, 1.807) is 18.3 Å². The number of nitrogens with zero attached hydrogens (tertiary/aromatic N) is 2. The number of hydrogen-bond acceptors (Lipinski definition) is 4. The van der Waals surface area contributed by atoms with Crippen LogP contribution in [0.2, 0.25) is 0 Å². The topological polar surface area (TPSA) is 54.5 Å². The molecule has 2 rings (SSSR count). The molecule has 1 amide bonds. The highest BCUT2D eigenvalue weighted by Gasteiger charge is 2.10. The number of allylic oxidation sites excluding steroid dienone is 3. The van der Waals surface area contributed by atoms with Crippen molar-refractivity contribution in [2.24, 2.45) is 0 Å². The molecule has 112 valence electrons. The normalized spacial score (nSPS) is 16.6. The van der Waals surface area contributed by atoms with Crippen LogP contribution in [0.4, 0.5) is 5.82 Å². The summed E-state index contributed by atoms with van der Waals surface area (Å²) in [4.78, 5) is 18.2. The molecular weight excluding hydrogens is 266 g/mol. The Morgan fingerprint density at radius 3 is 2.86 bits per heavy atom. The maximum atomic E-state index is 11.6. The molecule has 5 heteroatoms. The van der Waals surface area contributed by atoms with E-state index in [1.807, 2.05) is 25.1 Å². The van der Waals surface area contributed by atoms with Gasteiger partial charge in [0.2, 0.25) is 5.91 Å². The molecule has 1 N–H and O–H groups in total. The standard InChI is InChI=1S/C16H21N3O2/c1-2-3-4-5-16(20)18-15-7-6-14(12-17-15)13-19-8-10-21-11-9-19/h2-7,12H,8-11,13H2,1H3,(H,17,18,20)/b3-2+,5-4+. The van der Waals surface area contributed by atoms with Gasteiger partial charge in [-0.2, -0.15) is 0 Å². The van der Waals surface area contributed by atoms with Crippen LogP contribution in [0, 0.1) is 0 Å². The third kappa shape index (κ3) is 5.49. The van der Waals surface area contributed by atoms with Gasteiger partial charge in [0.15, 0.2) is 0 Å². The summed E-state index contributed by atoms with van der Waals surface area (Å²) in [7, 11) is 0. The monoisotopic (exact) mass is 287 g/mol. The lowest BCUT2D eigenvalue weighted by molar-refractivity contribution is -0.111. The first-order chi connectivity index (χ1) is 10.3. The van der Waals surface area contributed by atoms with Crippen molar-refractivity contribution in [1.29, 1.82) is 0 Å². The molecule has 21 heavy (non-hydrogen) atoms. The van der Waals surface area contributed by atoms with Gasteiger partial charge in [0.1, 0.15) is 5.82 Å². The molecule has 0 aromatic carbocycles. The van der Waals surface area contributed by atoms with Crippen LogP contribution in [0.25, 0.3) is 0 Å². The first kappa shape index (κ1) is 15.4. The Labute approximate surface area is 125 Å². The van der Waals surface area contributed by atoms with Crippen LogP contribution in [0.1, 0.15) is 12.5 Å². The molecule has 1 aromatic heterocycles.